The van der Waals surface area contributed by atoms with E-state index in [9.17, 15) is 0 Å². The first kappa shape index (κ1) is 16.1. The third-order valence-corrected chi connectivity index (χ3v) is 4.92. The van der Waals surface area contributed by atoms with Crippen LogP contribution >= 0.6 is 15.9 Å². The van der Waals surface area contributed by atoms with Crippen molar-refractivity contribution in [2.75, 3.05) is 6.79 Å². The summed E-state index contributed by atoms with van der Waals surface area (Å²) in [5, 5.41) is 0. The summed E-state index contributed by atoms with van der Waals surface area (Å²) < 4.78 is 17.5. The average Bonchev–Trinajstić information content (AvgIpc) is 3.32. The lowest BCUT2D eigenvalue weighted by atomic mass is 10.2. The number of fused-ring (bicyclic) bond motifs is 2. The SMILES string of the molecule is Brc1cc2c(cc1C=Nc1cccc(-c3nc4ccccc4o3)c1)OCO2. The molecule has 132 valence electrons. The molecule has 3 aromatic carbocycles. The van der Waals surface area contributed by atoms with Gasteiger partial charge < -0.3 is 13.9 Å². The molecule has 4 aromatic rings. The molecule has 0 unspecified atom stereocenters. The van der Waals surface area contributed by atoms with Crippen LogP contribution in [-0.4, -0.2) is 18.0 Å². The highest BCUT2D eigenvalue weighted by atomic mass is 79.9. The molecule has 5 nitrogen and oxygen atoms in total. The molecule has 0 bridgehead atoms. The van der Waals surface area contributed by atoms with E-state index in [1.165, 1.54) is 0 Å². The molecule has 2 heterocycles. The van der Waals surface area contributed by atoms with Crippen LogP contribution in [0.25, 0.3) is 22.6 Å². The molecule has 5 rings (SSSR count). The predicted octanol–water partition coefficient (Wildman–Crippen LogP) is 5.74. The summed E-state index contributed by atoms with van der Waals surface area (Å²) in [6.07, 6.45) is 1.79. The van der Waals surface area contributed by atoms with E-state index in [2.05, 4.69) is 25.9 Å². The van der Waals surface area contributed by atoms with Crippen molar-refractivity contribution in [1.82, 2.24) is 4.98 Å². The first-order valence-electron chi connectivity index (χ1n) is 8.35. The van der Waals surface area contributed by atoms with Gasteiger partial charge in [0.2, 0.25) is 12.7 Å². The lowest BCUT2D eigenvalue weighted by Crippen LogP contribution is -1.92. The predicted molar refractivity (Wildman–Crippen MR) is 107 cm³/mol. The largest absolute Gasteiger partial charge is 0.454 e. The summed E-state index contributed by atoms with van der Waals surface area (Å²) in [6.45, 7) is 0.245. The number of para-hydroxylation sites is 2. The van der Waals surface area contributed by atoms with Crippen molar-refractivity contribution in [3.8, 4) is 23.0 Å². The minimum atomic E-state index is 0.245. The third kappa shape index (κ3) is 3.08. The molecular formula is C21H13BrN2O3. The van der Waals surface area contributed by atoms with Gasteiger partial charge >= 0.3 is 0 Å². The number of nitrogens with zero attached hydrogens (tertiary/aromatic N) is 2. The van der Waals surface area contributed by atoms with Gasteiger partial charge in [-0.25, -0.2) is 4.98 Å². The van der Waals surface area contributed by atoms with Crippen molar-refractivity contribution >= 4 is 38.9 Å². The number of aromatic nitrogens is 1. The van der Waals surface area contributed by atoms with Gasteiger partial charge in [0.1, 0.15) is 5.52 Å². The maximum absolute atomic E-state index is 5.84. The van der Waals surface area contributed by atoms with Crippen LogP contribution in [0.5, 0.6) is 11.5 Å². The Hall–Kier alpha value is -3.12. The second-order valence-electron chi connectivity index (χ2n) is 6.02. The molecule has 0 atom stereocenters. The molecule has 0 amide bonds. The number of halogens is 1. The Bertz CT molecular complexity index is 1150. The van der Waals surface area contributed by atoms with Crippen molar-refractivity contribution in [1.29, 1.82) is 0 Å². The number of hydrogen-bond acceptors (Lipinski definition) is 5. The van der Waals surface area contributed by atoms with E-state index in [4.69, 9.17) is 13.9 Å². The van der Waals surface area contributed by atoms with Crippen molar-refractivity contribution in [3.05, 3.63) is 70.7 Å². The summed E-state index contributed by atoms with van der Waals surface area (Å²) in [5.74, 6) is 2.04. The lowest BCUT2D eigenvalue weighted by Gasteiger charge is -2.02. The van der Waals surface area contributed by atoms with Crippen LogP contribution in [0.2, 0.25) is 0 Å². The third-order valence-electron chi connectivity index (χ3n) is 4.23. The van der Waals surface area contributed by atoms with E-state index in [0.717, 1.165) is 43.9 Å². The van der Waals surface area contributed by atoms with Crippen LogP contribution in [0.1, 0.15) is 5.56 Å². The molecule has 0 saturated heterocycles. The van der Waals surface area contributed by atoms with Gasteiger partial charge in [0.05, 0.1) is 5.69 Å². The highest BCUT2D eigenvalue weighted by Crippen LogP contribution is 2.36. The second-order valence-corrected chi connectivity index (χ2v) is 6.88. The van der Waals surface area contributed by atoms with E-state index in [1.807, 2.05) is 60.7 Å². The van der Waals surface area contributed by atoms with Crippen molar-refractivity contribution in [2.24, 2.45) is 4.99 Å². The molecule has 1 aliphatic heterocycles. The molecule has 1 aliphatic rings. The van der Waals surface area contributed by atoms with Crippen molar-refractivity contribution in [2.45, 2.75) is 0 Å². The molecule has 27 heavy (non-hydrogen) atoms. The molecule has 0 N–H and O–H groups in total. The van der Waals surface area contributed by atoms with E-state index < -0.39 is 0 Å². The lowest BCUT2D eigenvalue weighted by molar-refractivity contribution is 0.174. The summed E-state index contributed by atoms with van der Waals surface area (Å²) >= 11 is 3.54. The molecule has 0 spiro atoms. The Balaban J connectivity index is 1.46. The summed E-state index contributed by atoms with van der Waals surface area (Å²) in [6, 6.07) is 19.3. The molecular weight excluding hydrogens is 408 g/mol. The highest BCUT2D eigenvalue weighted by molar-refractivity contribution is 9.10. The number of aliphatic imine (C=N–C) groups is 1. The number of benzene rings is 3. The monoisotopic (exact) mass is 420 g/mol. The van der Waals surface area contributed by atoms with Gasteiger partial charge in [0.25, 0.3) is 0 Å². The first-order chi connectivity index (χ1) is 13.3. The fraction of sp³-hybridized carbons (Fsp3) is 0.0476. The van der Waals surface area contributed by atoms with Crippen molar-refractivity contribution in [3.63, 3.8) is 0 Å². The normalized spacial score (nSPS) is 12.9. The zero-order valence-electron chi connectivity index (χ0n) is 14.1. The van der Waals surface area contributed by atoms with Crippen LogP contribution < -0.4 is 9.47 Å². The summed E-state index contributed by atoms with van der Waals surface area (Å²) in [4.78, 5) is 9.12. The standard InChI is InChI=1S/C21H13BrN2O3/c22-16-10-20-19(25-12-26-20)9-14(16)11-23-15-5-3-4-13(8-15)21-24-17-6-1-2-7-18(17)27-21/h1-11H,12H2. The fourth-order valence-electron chi connectivity index (χ4n) is 2.89. The van der Waals surface area contributed by atoms with Crippen LogP contribution in [0.4, 0.5) is 5.69 Å². The van der Waals surface area contributed by atoms with Gasteiger partial charge in [-0.05, 0) is 58.4 Å². The number of rotatable bonds is 3. The Morgan fingerprint density at radius 3 is 2.70 bits per heavy atom. The quantitative estimate of drug-likeness (QED) is 0.396. The minimum Gasteiger partial charge on any atom is -0.454 e. The smallest absolute Gasteiger partial charge is 0.231 e. The zero-order valence-corrected chi connectivity index (χ0v) is 15.6. The molecule has 0 fully saturated rings. The van der Waals surface area contributed by atoms with Gasteiger partial charge in [-0.2, -0.15) is 0 Å². The van der Waals surface area contributed by atoms with Crippen LogP contribution in [0.3, 0.4) is 0 Å². The zero-order chi connectivity index (χ0) is 18.2. The average molecular weight is 421 g/mol. The number of hydrogen-bond donors (Lipinski definition) is 0. The summed E-state index contributed by atoms with van der Waals surface area (Å²) in [7, 11) is 0. The Morgan fingerprint density at radius 2 is 1.81 bits per heavy atom. The van der Waals surface area contributed by atoms with Crippen molar-refractivity contribution < 1.29 is 13.9 Å². The maximum atomic E-state index is 5.84. The topological polar surface area (TPSA) is 56.9 Å². The molecule has 6 heteroatoms. The van der Waals surface area contributed by atoms with Gasteiger partial charge in [0, 0.05) is 21.8 Å². The molecule has 1 aromatic heterocycles. The molecule has 0 saturated carbocycles. The second kappa shape index (κ2) is 6.55. The number of ether oxygens (including phenoxy) is 2. The maximum Gasteiger partial charge on any atom is 0.231 e. The minimum absolute atomic E-state index is 0.245. The van der Waals surface area contributed by atoms with Gasteiger partial charge in [-0.3, -0.25) is 4.99 Å². The number of oxazole rings is 1. The first-order valence-corrected chi connectivity index (χ1v) is 9.15. The van der Waals surface area contributed by atoms with Crippen LogP contribution in [-0.2, 0) is 0 Å². The van der Waals surface area contributed by atoms with Gasteiger partial charge in [0.15, 0.2) is 17.1 Å². The molecule has 0 radical (unpaired) electrons. The van der Waals surface area contributed by atoms with Crippen LogP contribution in [0, 0.1) is 0 Å². The van der Waals surface area contributed by atoms with E-state index in [1.54, 1.807) is 6.21 Å². The Morgan fingerprint density at radius 1 is 0.963 bits per heavy atom. The highest BCUT2D eigenvalue weighted by Gasteiger charge is 2.15. The Kier molecular flexibility index (Phi) is 3.90. The van der Waals surface area contributed by atoms with Crippen LogP contribution in [0.15, 0.2) is 74.5 Å². The van der Waals surface area contributed by atoms with Gasteiger partial charge in [-0.15, -0.1) is 0 Å². The fourth-order valence-corrected chi connectivity index (χ4v) is 3.32. The van der Waals surface area contributed by atoms with E-state index >= 15 is 0 Å². The van der Waals surface area contributed by atoms with Gasteiger partial charge in [-0.1, -0.05) is 18.2 Å². The summed E-state index contributed by atoms with van der Waals surface area (Å²) in [5.41, 5.74) is 4.20. The van der Waals surface area contributed by atoms with E-state index in [0.29, 0.717) is 5.89 Å². The Labute approximate surface area is 163 Å². The van der Waals surface area contributed by atoms with E-state index in [-0.39, 0.29) is 6.79 Å². The molecule has 0 aliphatic carbocycles.